The van der Waals surface area contributed by atoms with Crippen LogP contribution in [0.3, 0.4) is 0 Å². The van der Waals surface area contributed by atoms with Gasteiger partial charge in [0.25, 0.3) is 0 Å². The third-order valence-electron chi connectivity index (χ3n) is 2.53. The van der Waals surface area contributed by atoms with Crippen molar-refractivity contribution in [2.75, 3.05) is 18.4 Å². The van der Waals surface area contributed by atoms with E-state index < -0.39 is 11.7 Å². The maximum atomic E-state index is 11.5. The van der Waals surface area contributed by atoms with Crippen molar-refractivity contribution < 1.29 is 9.53 Å². The van der Waals surface area contributed by atoms with Crippen LogP contribution in [-0.2, 0) is 4.74 Å². The summed E-state index contributed by atoms with van der Waals surface area (Å²) in [5.41, 5.74) is 1.39. The number of alkyl carbamates (subject to hydrolysis) is 1. The smallest absolute Gasteiger partial charge is 0.407 e. The minimum Gasteiger partial charge on any atom is -0.444 e. The van der Waals surface area contributed by atoms with Gasteiger partial charge in [-0.05, 0) is 57.6 Å². The number of hydrogen-bond donors (Lipinski definition) is 3. The van der Waals surface area contributed by atoms with Crippen molar-refractivity contribution in [3.63, 3.8) is 0 Å². The molecule has 0 radical (unpaired) electrons. The average Bonchev–Trinajstić information content (AvgIpc) is 2.37. The lowest BCUT2D eigenvalue weighted by Crippen LogP contribution is -2.39. The molecule has 5 nitrogen and oxygen atoms in total. The molecule has 0 saturated carbocycles. The number of aryl methyl sites for hydroxylation is 1. The van der Waals surface area contributed by atoms with Gasteiger partial charge in [-0.3, -0.25) is 0 Å². The molecule has 0 aliphatic carbocycles. The summed E-state index contributed by atoms with van der Waals surface area (Å²) < 4.78 is 5.13. The number of carbonyl (C=O) groups is 1. The molecule has 1 aromatic carbocycles. The first-order chi connectivity index (χ1) is 10.2. The Morgan fingerprint density at radius 2 is 1.91 bits per heavy atom. The fraction of sp³-hybridized carbons (Fsp3) is 0.467. The minimum atomic E-state index is -0.502. The van der Waals surface area contributed by atoms with Gasteiger partial charge in [0.2, 0.25) is 0 Å². The van der Waals surface area contributed by atoms with Gasteiger partial charge in [0.1, 0.15) is 5.60 Å². The highest BCUT2D eigenvalue weighted by Gasteiger charge is 2.15. The molecule has 3 N–H and O–H groups in total. The predicted molar refractivity (Wildman–Crippen MR) is 94.6 cm³/mol. The van der Waals surface area contributed by atoms with Gasteiger partial charge in [0, 0.05) is 23.8 Å². The lowest BCUT2D eigenvalue weighted by atomic mass is 10.2. The van der Waals surface area contributed by atoms with Gasteiger partial charge in [-0.15, -0.1) is 0 Å². The Balaban J connectivity index is 2.29. The van der Waals surface area contributed by atoms with Crippen LogP contribution in [0, 0.1) is 6.92 Å². The topological polar surface area (TPSA) is 62.4 Å². The number of amides is 1. The summed E-state index contributed by atoms with van der Waals surface area (Å²) in [6, 6.07) is 5.55. The Morgan fingerprint density at radius 3 is 2.55 bits per heavy atom. The fourth-order valence-electron chi connectivity index (χ4n) is 1.55. The molecule has 0 aliphatic heterocycles. The maximum absolute atomic E-state index is 11.5. The van der Waals surface area contributed by atoms with Gasteiger partial charge in [-0.2, -0.15) is 0 Å². The van der Waals surface area contributed by atoms with Crippen LogP contribution in [0.25, 0.3) is 0 Å². The Bertz CT molecular complexity index is 544. The molecule has 0 unspecified atom stereocenters. The summed E-state index contributed by atoms with van der Waals surface area (Å²) in [4.78, 5) is 11.5. The Labute approximate surface area is 141 Å². The lowest BCUT2D eigenvalue weighted by molar-refractivity contribution is 0.0529. The number of thiocarbonyl (C=S) groups is 1. The van der Waals surface area contributed by atoms with Crippen LogP contribution in [-0.4, -0.2) is 29.9 Å². The molecule has 1 amide bonds. The number of halogens is 1. The van der Waals surface area contributed by atoms with Crippen LogP contribution in [0.5, 0.6) is 0 Å². The molecule has 7 heteroatoms. The molecule has 0 fully saturated rings. The second kappa shape index (κ2) is 8.19. The molecule has 0 saturated heterocycles. The highest BCUT2D eigenvalue weighted by molar-refractivity contribution is 7.80. The van der Waals surface area contributed by atoms with Crippen molar-refractivity contribution in [3.05, 3.63) is 28.8 Å². The van der Waals surface area contributed by atoms with Gasteiger partial charge < -0.3 is 20.7 Å². The standard InChI is InChI=1S/C15H22ClN3O2S/c1-10-5-6-11(16)9-12(10)19-13(22)17-7-8-18-14(20)21-15(2,3)4/h5-6,9H,7-8H2,1-4H3,(H,18,20)(H2,17,19,22). The molecule has 22 heavy (non-hydrogen) atoms. The number of hydrogen-bond acceptors (Lipinski definition) is 3. The Hall–Kier alpha value is -1.53. The number of carbonyl (C=O) groups excluding carboxylic acids is 1. The van der Waals surface area contributed by atoms with Crippen molar-refractivity contribution in [1.82, 2.24) is 10.6 Å². The van der Waals surface area contributed by atoms with E-state index in [-0.39, 0.29) is 0 Å². The SMILES string of the molecule is Cc1ccc(Cl)cc1NC(=S)NCCNC(=O)OC(C)(C)C. The molecule has 0 aromatic heterocycles. The van der Waals surface area contributed by atoms with E-state index in [9.17, 15) is 4.79 Å². The van der Waals surface area contributed by atoms with E-state index in [1.54, 1.807) is 0 Å². The first kappa shape index (κ1) is 18.5. The minimum absolute atomic E-state index is 0.408. The second-order valence-corrected chi connectivity index (χ2v) is 6.61. The average molecular weight is 344 g/mol. The van der Waals surface area contributed by atoms with Crippen LogP contribution in [0.1, 0.15) is 26.3 Å². The van der Waals surface area contributed by atoms with E-state index in [0.717, 1.165) is 11.3 Å². The molecule has 1 aromatic rings. The maximum Gasteiger partial charge on any atom is 0.407 e. The van der Waals surface area contributed by atoms with E-state index in [1.807, 2.05) is 45.9 Å². The molecular weight excluding hydrogens is 322 g/mol. The number of rotatable bonds is 4. The third kappa shape index (κ3) is 7.47. The molecule has 122 valence electrons. The number of anilines is 1. The summed E-state index contributed by atoms with van der Waals surface area (Å²) in [6.45, 7) is 8.31. The third-order valence-corrected chi connectivity index (χ3v) is 3.01. The van der Waals surface area contributed by atoms with Crippen molar-refractivity contribution in [1.29, 1.82) is 0 Å². The van der Waals surface area contributed by atoms with Gasteiger partial charge in [-0.25, -0.2) is 4.79 Å². The number of nitrogens with one attached hydrogen (secondary N) is 3. The van der Waals surface area contributed by atoms with Crippen molar-refractivity contribution in [2.24, 2.45) is 0 Å². The summed E-state index contributed by atoms with van der Waals surface area (Å²) in [5, 5.41) is 9.83. The van der Waals surface area contributed by atoms with Crippen LogP contribution in [0.2, 0.25) is 5.02 Å². The van der Waals surface area contributed by atoms with E-state index in [2.05, 4.69) is 16.0 Å². The summed E-state index contributed by atoms with van der Waals surface area (Å²) in [6.07, 6.45) is -0.445. The van der Waals surface area contributed by atoms with Gasteiger partial charge in [0.05, 0.1) is 0 Å². The van der Waals surface area contributed by atoms with Crippen LogP contribution in [0.15, 0.2) is 18.2 Å². The molecule has 0 spiro atoms. The Kier molecular flexibility index (Phi) is 6.90. The largest absolute Gasteiger partial charge is 0.444 e. The fourth-order valence-corrected chi connectivity index (χ4v) is 1.93. The predicted octanol–water partition coefficient (Wildman–Crippen LogP) is 3.46. The van der Waals surface area contributed by atoms with E-state index in [4.69, 9.17) is 28.6 Å². The molecule has 0 bridgehead atoms. The van der Waals surface area contributed by atoms with Gasteiger partial charge >= 0.3 is 6.09 Å². The second-order valence-electron chi connectivity index (χ2n) is 5.77. The van der Waals surface area contributed by atoms with Gasteiger partial charge in [-0.1, -0.05) is 17.7 Å². The first-order valence-electron chi connectivity index (χ1n) is 6.95. The molecular formula is C15H22ClN3O2S. The highest BCUT2D eigenvalue weighted by Crippen LogP contribution is 2.19. The van der Waals surface area contributed by atoms with Crippen molar-refractivity contribution in [3.8, 4) is 0 Å². The number of benzene rings is 1. The van der Waals surface area contributed by atoms with E-state index >= 15 is 0 Å². The van der Waals surface area contributed by atoms with Crippen LogP contribution < -0.4 is 16.0 Å². The Morgan fingerprint density at radius 1 is 1.27 bits per heavy atom. The quantitative estimate of drug-likeness (QED) is 0.577. The van der Waals surface area contributed by atoms with Gasteiger partial charge in [0.15, 0.2) is 5.11 Å². The van der Waals surface area contributed by atoms with E-state index in [0.29, 0.717) is 23.2 Å². The van der Waals surface area contributed by atoms with Crippen LogP contribution >= 0.6 is 23.8 Å². The molecule has 1 rings (SSSR count). The molecule has 0 aliphatic rings. The zero-order valence-corrected chi connectivity index (χ0v) is 14.8. The zero-order valence-electron chi connectivity index (χ0n) is 13.2. The van der Waals surface area contributed by atoms with Crippen molar-refractivity contribution >= 4 is 40.7 Å². The monoisotopic (exact) mass is 343 g/mol. The summed E-state index contributed by atoms with van der Waals surface area (Å²) >= 11 is 11.1. The lowest BCUT2D eigenvalue weighted by Gasteiger charge is -2.19. The summed E-state index contributed by atoms with van der Waals surface area (Å²) in [5.74, 6) is 0. The van der Waals surface area contributed by atoms with Crippen molar-refractivity contribution in [2.45, 2.75) is 33.3 Å². The summed E-state index contributed by atoms with van der Waals surface area (Å²) in [7, 11) is 0. The highest BCUT2D eigenvalue weighted by atomic mass is 35.5. The first-order valence-corrected chi connectivity index (χ1v) is 7.74. The van der Waals surface area contributed by atoms with E-state index in [1.165, 1.54) is 0 Å². The normalized spacial score (nSPS) is 10.8. The molecule has 0 heterocycles. The zero-order chi connectivity index (χ0) is 16.8. The van der Waals surface area contributed by atoms with Crippen LogP contribution in [0.4, 0.5) is 10.5 Å². The number of ether oxygens (including phenoxy) is 1. The molecule has 0 atom stereocenters.